The van der Waals surface area contributed by atoms with E-state index in [0.717, 1.165) is 29.9 Å². The second kappa shape index (κ2) is 8.03. The van der Waals surface area contributed by atoms with Crippen LogP contribution in [0.5, 0.6) is 0 Å². The summed E-state index contributed by atoms with van der Waals surface area (Å²) in [6.45, 7) is 5.22. The van der Waals surface area contributed by atoms with Gasteiger partial charge in [0.15, 0.2) is 0 Å². The van der Waals surface area contributed by atoms with Crippen LogP contribution in [0.3, 0.4) is 0 Å². The zero-order chi connectivity index (χ0) is 17.6. The van der Waals surface area contributed by atoms with Crippen molar-refractivity contribution >= 4 is 11.8 Å². The van der Waals surface area contributed by atoms with E-state index in [1.165, 1.54) is 0 Å². The molecule has 1 amide bonds. The van der Waals surface area contributed by atoms with Crippen molar-refractivity contribution in [2.24, 2.45) is 5.73 Å². The van der Waals surface area contributed by atoms with Crippen LogP contribution in [0.4, 0.5) is 10.5 Å². The molecule has 1 atom stereocenters. The molecule has 1 unspecified atom stereocenters. The van der Waals surface area contributed by atoms with Crippen LogP contribution in [0.2, 0.25) is 0 Å². The first-order valence-corrected chi connectivity index (χ1v) is 8.69. The quantitative estimate of drug-likeness (QED) is 0.929. The summed E-state index contributed by atoms with van der Waals surface area (Å²) in [5, 5.41) is 0. The van der Waals surface area contributed by atoms with Crippen molar-refractivity contribution < 1.29 is 9.53 Å². The van der Waals surface area contributed by atoms with Gasteiger partial charge in [0.2, 0.25) is 0 Å². The molecule has 0 aromatic heterocycles. The van der Waals surface area contributed by atoms with Crippen LogP contribution in [0, 0.1) is 0 Å². The van der Waals surface area contributed by atoms with E-state index in [9.17, 15) is 4.79 Å². The Kier molecular flexibility index (Phi) is 5.56. The van der Waals surface area contributed by atoms with Gasteiger partial charge < -0.3 is 20.3 Å². The number of piperazine rings is 1. The van der Waals surface area contributed by atoms with Gasteiger partial charge in [-0.1, -0.05) is 42.5 Å². The highest BCUT2D eigenvalue weighted by Gasteiger charge is 2.22. The number of benzene rings is 2. The first kappa shape index (κ1) is 17.3. The lowest BCUT2D eigenvalue weighted by Gasteiger charge is -2.35. The fourth-order valence-corrected chi connectivity index (χ4v) is 2.96. The maximum atomic E-state index is 12.2. The summed E-state index contributed by atoms with van der Waals surface area (Å²) < 4.78 is 5.41. The Morgan fingerprint density at radius 2 is 1.80 bits per heavy atom. The molecule has 0 saturated carbocycles. The Bertz CT molecular complexity index is 695. The predicted molar refractivity (Wildman–Crippen MR) is 99.5 cm³/mol. The number of carbonyl (C=O) groups excluding carboxylic acids is 1. The molecule has 1 saturated heterocycles. The van der Waals surface area contributed by atoms with Gasteiger partial charge in [0.25, 0.3) is 0 Å². The van der Waals surface area contributed by atoms with Gasteiger partial charge in [-0.2, -0.15) is 0 Å². The number of anilines is 1. The smallest absolute Gasteiger partial charge is 0.410 e. The van der Waals surface area contributed by atoms with Gasteiger partial charge in [0, 0.05) is 37.9 Å². The first-order chi connectivity index (χ1) is 12.1. The molecule has 1 fully saturated rings. The van der Waals surface area contributed by atoms with Gasteiger partial charge in [0.1, 0.15) is 6.61 Å². The van der Waals surface area contributed by atoms with Crippen molar-refractivity contribution in [2.45, 2.75) is 19.6 Å². The van der Waals surface area contributed by atoms with Crippen molar-refractivity contribution in [1.82, 2.24) is 4.90 Å². The molecule has 2 aromatic rings. The molecule has 0 bridgehead atoms. The van der Waals surface area contributed by atoms with E-state index < -0.39 is 0 Å². The Balaban J connectivity index is 1.51. The van der Waals surface area contributed by atoms with Crippen LogP contribution < -0.4 is 10.6 Å². The van der Waals surface area contributed by atoms with Gasteiger partial charge in [-0.15, -0.1) is 0 Å². The van der Waals surface area contributed by atoms with E-state index in [1.807, 2.05) is 49.4 Å². The summed E-state index contributed by atoms with van der Waals surface area (Å²) in [5.74, 6) is 0. The maximum absolute atomic E-state index is 12.2. The van der Waals surface area contributed by atoms with Gasteiger partial charge in [-0.05, 0) is 30.2 Å². The largest absolute Gasteiger partial charge is 0.445 e. The third-order valence-corrected chi connectivity index (χ3v) is 4.50. The van der Waals surface area contributed by atoms with Crippen LogP contribution in [-0.2, 0) is 11.3 Å². The summed E-state index contributed by atoms with van der Waals surface area (Å²) in [7, 11) is 0. The summed E-state index contributed by atoms with van der Waals surface area (Å²) in [6.07, 6.45) is -0.243. The second-order valence-corrected chi connectivity index (χ2v) is 6.40. The van der Waals surface area contributed by atoms with E-state index in [2.05, 4.69) is 17.0 Å². The van der Waals surface area contributed by atoms with Crippen molar-refractivity contribution in [1.29, 1.82) is 0 Å². The van der Waals surface area contributed by atoms with Crippen molar-refractivity contribution in [3.05, 3.63) is 65.7 Å². The maximum Gasteiger partial charge on any atom is 0.410 e. The molecule has 5 heteroatoms. The molecule has 132 valence electrons. The average molecular weight is 339 g/mol. The lowest BCUT2D eigenvalue weighted by molar-refractivity contribution is 0.0942. The molecule has 0 aliphatic carbocycles. The molecule has 3 rings (SSSR count). The average Bonchev–Trinajstić information content (AvgIpc) is 2.67. The number of nitrogens with two attached hydrogens (primary N) is 1. The normalized spacial score (nSPS) is 15.8. The topological polar surface area (TPSA) is 58.8 Å². The molecule has 1 heterocycles. The molecule has 2 N–H and O–H groups in total. The number of nitrogens with zero attached hydrogens (tertiary/aromatic N) is 2. The Hall–Kier alpha value is -2.53. The minimum absolute atomic E-state index is 0.0224. The third-order valence-electron chi connectivity index (χ3n) is 4.50. The van der Waals surface area contributed by atoms with Crippen molar-refractivity contribution in [3.8, 4) is 0 Å². The second-order valence-electron chi connectivity index (χ2n) is 6.40. The summed E-state index contributed by atoms with van der Waals surface area (Å²) in [4.78, 5) is 16.3. The van der Waals surface area contributed by atoms with Gasteiger partial charge in [-0.3, -0.25) is 0 Å². The fraction of sp³-hybridized carbons (Fsp3) is 0.350. The molecular weight excluding hydrogens is 314 g/mol. The van der Waals surface area contributed by atoms with Crippen LogP contribution in [-0.4, -0.2) is 37.2 Å². The lowest BCUT2D eigenvalue weighted by Crippen LogP contribution is -2.49. The lowest BCUT2D eigenvalue weighted by atomic mass is 10.1. The number of ether oxygens (including phenoxy) is 1. The number of hydrogen-bond donors (Lipinski definition) is 1. The molecule has 25 heavy (non-hydrogen) atoms. The van der Waals surface area contributed by atoms with E-state index >= 15 is 0 Å². The highest BCUT2D eigenvalue weighted by molar-refractivity contribution is 5.68. The van der Waals surface area contributed by atoms with Gasteiger partial charge >= 0.3 is 6.09 Å². The summed E-state index contributed by atoms with van der Waals surface area (Å²) >= 11 is 0. The molecule has 5 nitrogen and oxygen atoms in total. The number of rotatable bonds is 4. The molecule has 1 aliphatic heterocycles. The zero-order valence-electron chi connectivity index (χ0n) is 14.6. The third kappa shape index (κ3) is 4.51. The van der Waals surface area contributed by atoms with E-state index in [-0.39, 0.29) is 12.1 Å². The molecule has 0 spiro atoms. The molecule has 2 aromatic carbocycles. The standard InChI is InChI=1S/C20H25N3O2/c1-16(21)18-8-5-9-19(14-18)22-10-12-23(13-11-22)20(24)25-15-17-6-3-2-4-7-17/h2-9,14,16H,10-13,15,21H2,1H3. The van der Waals surface area contributed by atoms with Crippen LogP contribution in [0.25, 0.3) is 0 Å². The SMILES string of the molecule is CC(N)c1cccc(N2CCN(C(=O)OCc3ccccc3)CC2)c1. The van der Waals surface area contributed by atoms with Crippen LogP contribution in [0.15, 0.2) is 54.6 Å². The van der Waals surface area contributed by atoms with Gasteiger partial charge in [-0.25, -0.2) is 4.79 Å². The zero-order valence-corrected chi connectivity index (χ0v) is 14.6. The molecule has 0 radical (unpaired) electrons. The minimum Gasteiger partial charge on any atom is -0.445 e. The van der Waals surface area contributed by atoms with E-state index in [1.54, 1.807) is 4.90 Å². The number of carbonyl (C=O) groups is 1. The number of amides is 1. The highest BCUT2D eigenvalue weighted by atomic mass is 16.6. The fourth-order valence-electron chi connectivity index (χ4n) is 2.96. The van der Waals surface area contributed by atoms with Crippen molar-refractivity contribution in [3.63, 3.8) is 0 Å². The summed E-state index contributed by atoms with van der Waals surface area (Å²) in [5.41, 5.74) is 9.26. The molecular formula is C20H25N3O2. The predicted octanol–water partition coefficient (Wildman–Crippen LogP) is 3.17. The van der Waals surface area contributed by atoms with Crippen LogP contribution in [0.1, 0.15) is 24.1 Å². The summed E-state index contributed by atoms with van der Waals surface area (Å²) in [6, 6.07) is 18.1. The number of hydrogen-bond acceptors (Lipinski definition) is 4. The Morgan fingerprint density at radius 3 is 2.48 bits per heavy atom. The first-order valence-electron chi connectivity index (χ1n) is 8.69. The minimum atomic E-state index is -0.243. The van der Waals surface area contributed by atoms with Crippen LogP contribution >= 0.6 is 0 Å². The highest BCUT2D eigenvalue weighted by Crippen LogP contribution is 2.21. The Labute approximate surface area is 149 Å². The van der Waals surface area contributed by atoms with E-state index in [0.29, 0.717) is 19.7 Å². The molecule has 1 aliphatic rings. The Morgan fingerprint density at radius 1 is 1.08 bits per heavy atom. The van der Waals surface area contributed by atoms with Gasteiger partial charge in [0.05, 0.1) is 0 Å². The monoisotopic (exact) mass is 339 g/mol. The van der Waals surface area contributed by atoms with E-state index in [4.69, 9.17) is 10.5 Å². The van der Waals surface area contributed by atoms with Crippen molar-refractivity contribution in [2.75, 3.05) is 31.1 Å².